The maximum absolute atomic E-state index is 13.6. The second-order valence-corrected chi connectivity index (χ2v) is 10.8. The Kier molecular flexibility index (Phi) is 8.47. The van der Waals surface area contributed by atoms with Gasteiger partial charge in [0.1, 0.15) is 0 Å². The van der Waals surface area contributed by atoms with Crippen molar-refractivity contribution in [1.29, 1.82) is 0 Å². The summed E-state index contributed by atoms with van der Waals surface area (Å²) in [5, 5.41) is 0. The Morgan fingerprint density at radius 2 is 0.511 bits per heavy atom. The number of carbonyl (C=O) groups is 4. The van der Waals surface area contributed by atoms with Crippen molar-refractivity contribution in [2.75, 3.05) is 0 Å². The average molecular weight is 585 g/mol. The van der Waals surface area contributed by atoms with Crippen LogP contribution in [0.2, 0.25) is 0 Å². The molecule has 0 amide bonds. The fourth-order valence-electron chi connectivity index (χ4n) is 5.37. The molecule has 0 atom stereocenters. The number of hydrogen-bond acceptors (Lipinski definition) is 4. The summed E-state index contributed by atoms with van der Waals surface area (Å²) in [4.78, 5) is 54.2. The molecule has 6 aromatic rings. The Morgan fingerprint density at radius 3 is 0.733 bits per heavy atom. The highest BCUT2D eigenvalue weighted by atomic mass is 16.1. The summed E-state index contributed by atoms with van der Waals surface area (Å²) in [7, 11) is 0. The zero-order valence-electron chi connectivity index (χ0n) is 24.4. The molecule has 216 valence electrons. The van der Waals surface area contributed by atoms with Crippen LogP contribution in [0.25, 0.3) is 0 Å². The van der Waals surface area contributed by atoms with E-state index in [0.717, 1.165) is 0 Å². The normalized spacial score (nSPS) is 10.7. The van der Waals surface area contributed by atoms with Gasteiger partial charge in [0.2, 0.25) is 0 Å². The van der Waals surface area contributed by atoms with Gasteiger partial charge in [-0.3, -0.25) is 19.2 Å². The van der Waals surface area contributed by atoms with Crippen molar-refractivity contribution in [2.45, 2.75) is 6.42 Å². The monoisotopic (exact) mass is 584 g/mol. The lowest BCUT2D eigenvalue weighted by Gasteiger charge is -2.12. The topological polar surface area (TPSA) is 68.3 Å². The Labute approximate surface area is 261 Å². The zero-order valence-corrected chi connectivity index (χ0v) is 24.4. The van der Waals surface area contributed by atoms with Crippen LogP contribution in [-0.2, 0) is 6.42 Å². The van der Waals surface area contributed by atoms with E-state index >= 15 is 0 Å². The molecule has 0 saturated carbocycles. The summed E-state index contributed by atoms with van der Waals surface area (Å²) in [5.74, 6) is -0.806. The maximum atomic E-state index is 13.6. The predicted octanol–water partition coefficient (Wildman–Crippen LogP) is 8.20. The molecule has 6 aromatic carbocycles. The summed E-state index contributed by atoms with van der Waals surface area (Å²) in [6.45, 7) is 0. The number of carbonyl (C=O) groups excluding carboxylic acids is 4. The molecular formula is C41H28O4. The molecule has 0 unspecified atom stereocenters. The van der Waals surface area contributed by atoms with Gasteiger partial charge in [-0.2, -0.15) is 0 Å². The van der Waals surface area contributed by atoms with Gasteiger partial charge in [0.25, 0.3) is 0 Å². The van der Waals surface area contributed by atoms with Crippen LogP contribution < -0.4 is 0 Å². The van der Waals surface area contributed by atoms with E-state index in [2.05, 4.69) is 0 Å². The molecule has 0 spiro atoms. The Morgan fingerprint density at radius 1 is 0.289 bits per heavy atom. The van der Waals surface area contributed by atoms with Gasteiger partial charge >= 0.3 is 0 Å². The van der Waals surface area contributed by atoms with Crippen molar-refractivity contribution in [3.63, 3.8) is 0 Å². The largest absolute Gasteiger partial charge is 0.289 e. The van der Waals surface area contributed by atoms with Crippen molar-refractivity contribution in [3.8, 4) is 0 Å². The van der Waals surface area contributed by atoms with E-state index < -0.39 is 0 Å². The number of rotatable bonds is 10. The summed E-state index contributed by atoms with van der Waals surface area (Å²) in [6, 6.07) is 46.1. The van der Waals surface area contributed by atoms with Gasteiger partial charge in [-0.05, 0) is 53.9 Å². The molecule has 0 aromatic heterocycles. The molecule has 0 fully saturated rings. The van der Waals surface area contributed by atoms with E-state index in [9.17, 15) is 19.2 Å². The highest BCUT2D eigenvalue weighted by molar-refractivity contribution is 6.14. The number of ketones is 4. The van der Waals surface area contributed by atoms with Crippen LogP contribution in [0.3, 0.4) is 0 Å². The summed E-state index contributed by atoms with van der Waals surface area (Å²) < 4.78 is 0. The Bertz CT molecular complexity index is 1730. The lowest BCUT2D eigenvalue weighted by atomic mass is 9.90. The number of benzene rings is 6. The Hall–Kier alpha value is -6.00. The molecule has 4 heteroatoms. The van der Waals surface area contributed by atoms with E-state index in [-0.39, 0.29) is 29.6 Å². The standard InChI is InChI=1S/C41H28O4/c42-38(30-13-5-1-6-14-30)34-22-28(23-35(26-34)39(43)31-15-7-2-8-16-31)21-29-24-36(40(44)32-17-9-3-10-18-32)27-37(25-29)41(45)33-19-11-4-12-20-33/h1-20,22-27H,21H2. The minimum absolute atomic E-state index is 0.201. The summed E-state index contributed by atoms with van der Waals surface area (Å²) >= 11 is 0. The van der Waals surface area contributed by atoms with Gasteiger partial charge in [-0.1, -0.05) is 121 Å². The quantitative estimate of drug-likeness (QED) is 0.152. The molecular weight excluding hydrogens is 556 g/mol. The van der Waals surface area contributed by atoms with Crippen LogP contribution in [-0.4, -0.2) is 23.1 Å². The van der Waals surface area contributed by atoms with Crippen LogP contribution in [0.4, 0.5) is 0 Å². The zero-order chi connectivity index (χ0) is 31.2. The fraction of sp³-hybridized carbons (Fsp3) is 0.0244. The molecule has 0 aliphatic rings. The molecule has 4 nitrogen and oxygen atoms in total. The second-order valence-electron chi connectivity index (χ2n) is 10.8. The van der Waals surface area contributed by atoms with Gasteiger partial charge < -0.3 is 0 Å². The first-order valence-corrected chi connectivity index (χ1v) is 14.6. The van der Waals surface area contributed by atoms with Crippen molar-refractivity contribution < 1.29 is 19.2 Å². The summed E-state index contributed by atoms with van der Waals surface area (Å²) in [6.07, 6.45) is 0.288. The van der Waals surface area contributed by atoms with Crippen LogP contribution >= 0.6 is 0 Å². The molecule has 0 heterocycles. The fourth-order valence-corrected chi connectivity index (χ4v) is 5.37. The van der Waals surface area contributed by atoms with E-state index in [4.69, 9.17) is 0 Å². The lowest BCUT2D eigenvalue weighted by Crippen LogP contribution is -2.09. The van der Waals surface area contributed by atoms with Gasteiger partial charge in [-0.25, -0.2) is 0 Å². The third-order valence-corrected chi connectivity index (χ3v) is 7.59. The van der Waals surface area contributed by atoms with E-state index in [1.807, 2.05) is 24.3 Å². The first kappa shape index (κ1) is 29.1. The molecule has 0 saturated heterocycles. The molecule has 6 rings (SSSR count). The molecule has 0 aliphatic heterocycles. The van der Waals surface area contributed by atoms with Crippen LogP contribution in [0, 0.1) is 0 Å². The first-order chi connectivity index (χ1) is 22.0. The minimum atomic E-state index is -0.201. The van der Waals surface area contributed by atoms with E-state index in [0.29, 0.717) is 55.6 Å². The van der Waals surface area contributed by atoms with Gasteiger partial charge in [0.05, 0.1) is 0 Å². The van der Waals surface area contributed by atoms with Gasteiger partial charge in [0, 0.05) is 44.5 Å². The van der Waals surface area contributed by atoms with E-state index in [1.54, 1.807) is 133 Å². The lowest BCUT2D eigenvalue weighted by molar-refractivity contribution is 0.102. The Balaban J connectivity index is 1.45. The molecule has 0 aliphatic carbocycles. The second kappa shape index (κ2) is 13.1. The molecule has 45 heavy (non-hydrogen) atoms. The molecule has 0 bridgehead atoms. The van der Waals surface area contributed by atoms with Crippen molar-refractivity contribution >= 4 is 23.1 Å². The van der Waals surface area contributed by atoms with Crippen molar-refractivity contribution in [2.24, 2.45) is 0 Å². The first-order valence-electron chi connectivity index (χ1n) is 14.6. The third kappa shape index (κ3) is 6.66. The van der Waals surface area contributed by atoms with Crippen molar-refractivity contribution in [1.82, 2.24) is 0 Å². The highest BCUT2D eigenvalue weighted by Crippen LogP contribution is 2.24. The highest BCUT2D eigenvalue weighted by Gasteiger charge is 2.19. The third-order valence-electron chi connectivity index (χ3n) is 7.59. The van der Waals surface area contributed by atoms with Gasteiger partial charge in [-0.15, -0.1) is 0 Å². The maximum Gasteiger partial charge on any atom is 0.193 e. The smallest absolute Gasteiger partial charge is 0.193 e. The van der Waals surface area contributed by atoms with Crippen molar-refractivity contribution in [3.05, 3.63) is 213 Å². The average Bonchev–Trinajstić information content (AvgIpc) is 3.11. The van der Waals surface area contributed by atoms with Crippen LogP contribution in [0.5, 0.6) is 0 Å². The number of hydrogen-bond donors (Lipinski definition) is 0. The predicted molar refractivity (Wildman–Crippen MR) is 175 cm³/mol. The van der Waals surface area contributed by atoms with Gasteiger partial charge in [0.15, 0.2) is 23.1 Å². The minimum Gasteiger partial charge on any atom is -0.289 e. The van der Waals surface area contributed by atoms with Crippen LogP contribution in [0.1, 0.15) is 74.8 Å². The van der Waals surface area contributed by atoms with Crippen LogP contribution in [0.15, 0.2) is 158 Å². The molecule has 0 N–H and O–H groups in total. The van der Waals surface area contributed by atoms with E-state index in [1.165, 1.54) is 0 Å². The molecule has 0 radical (unpaired) electrons. The SMILES string of the molecule is O=C(c1ccccc1)c1cc(Cc2cc(C(=O)c3ccccc3)cc(C(=O)c3ccccc3)c2)cc(C(=O)c2ccccc2)c1. The summed E-state index contributed by atoms with van der Waals surface area (Å²) in [5.41, 5.74) is 5.00.